The van der Waals surface area contributed by atoms with Gasteiger partial charge in [0.1, 0.15) is 5.82 Å². The number of rotatable bonds is 5. The molecule has 4 nitrogen and oxygen atoms in total. The summed E-state index contributed by atoms with van der Waals surface area (Å²) in [6.07, 6.45) is -0.315. The first-order chi connectivity index (χ1) is 8.02. The maximum atomic E-state index is 13.0. The van der Waals surface area contributed by atoms with E-state index in [4.69, 9.17) is 5.11 Å². The average molecular weight is 240 g/mol. The zero-order chi connectivity index (χ0) is 12.8. The molecule has 1 rings (SSSR count). The van der Waals surface area contributed by atoms with Gasteiger partial charge < -0.3 is 9.84 Å². The molecule has 0 saturated carbocycles. The summed E-state index contributed by atoms with van der Waals surface area (Å²) >= 11 is 0. The molecule has 0 bridgehead atoms. The van der Waals surface area contributed by atoms with Gasteiger partial charge in [0.05, 0.1) is 20.0 Å². The van der Waals surface area contributed by atoms with Crippen molar-refractivity contribution in [2.75, 3.05) is 7.11 Å². The second kappa shape index (κ2) is 5.98. The second-order valence-electron chi connectivity index (χ2n) is 3.63. The number of aliphatic carboxylic acids is 1. The van der Waals surface area contributed by atoms with Crippen molar-refractivity contribution in [2.45, 2.75) is 18.8 Å². The smallest absolute Gasteiger partial charge is 0.306 e. The minimum Gasteiger partial charge on any atom is -0.481 e. The van der Waals surface area contributed by atoms with Crippen molar-refractivity contribution < 1.29 is 23.8 Å². The van der Waals surface area contributed by atoms with E-state index in [0.717, 1.165) is 0 Å². The first-order valence-corrected chi connectivity index (χ1v) is 5.07. The number of methoxy groups -OCH3 is 1. The molecule has 0 aliphatic carbocycles. The van der Waals surface area contributed by atoms with Crippen LogP contribution in [0.2, 0.25) is 0 Å². The Morgan fingerprint density at radius 2 is 2.12 bits per heavy atom. The molecule has 92 valence electrons. The molecule has 0 aliphatic heterocycles. The lowest BCUT2D eigenvalue weighted by Gasteiger charge is -2.13. The topological polar surface area (TPSA) is 63.6 Å². The highest BCUT2D eigenvalue weighted by atomic mass is 19.1. The quantitative estimate of drug-likeness (QED) is 0.799. The molecule has 0 aromatic heterocycles. The number of esters is 1. The fourth-order valence-corrected chi connectivity index (χ4v) is 1.56. The molecular weight excluding hydrogens is 227 g/mol. The molecule has 0 aliphatic rings. The Morgan fingerprint density at radius 3 is 2.65 bits per heavy atom. The van der Waals surface area contributed by atoms with Gasteiger partial charge in [-0.2, -0.15) is 0 Å². The Labute approximate surface area is 98.0 Å². The summed E-state index contributed by atoms with van der Waals surface area (Å²) in [7, 11) is 1.23. The van der Waals surface area contributed by atoms with Gasteiger partial charge in [0.15, 0.2) is 0 Å². The summed E-state index contributed by atoms with van der Waals surface area (Å²) in [5.41, 5.74) is 0.484. The van der Waals surface area contributed by atoms with E-state index in [1.54, 1.807) is 6.07 Å². The first-order valence-electron chi connectivity index (χ1n) is 5.07. The van der Waals surface area contributed by atoms with E-state index in [0.29, 0.717) is 5.56 Å². The fraction of sp³-hybridized carbons (Fsp3) is 0.333. The van der Waals surface area contributed by atoms with Gasteiger partial charge in [-0.25, -0.2) is 4.39 Å². The van der Waals surface area contributed by atoms with E-state index in [2.05, 4.69) is 4.74 Å². The van der Waals surface area contributed by atoms with Gasteiger partial charge in [-0.3, -0.25) is 9.59 Å². The monoisotopic (exact) mass is 240 g/mol. The van der Waals surface area contributed by atoms with Crippen LogP contribution in [0, 0.1) is 5.82 Å². The van der Waals surface area contributed by atoms with Crippen LogP contribution in [0.3, 0.4) is 0 Å². The Kier molecular flexibility index (Phi) is 4.63. The van der Waals surface area contributed by atoms with Gasteiger partial charge in [-0.1, -0.05) is 12.1 Å². The molecule has 0 amide bonds. The molecule has 0 spiro atoms. The van der Waals surface area contributed by atoms with Crippen molar-refractivity contribution in [1.82, 2.24) is 0 Å². The Morgan fingerprint density at radius 1 is 1.41 bits per heavy atom. The minimum absolute atomic E-state index is 0.0771. The second-order valence-corrected chi connectivity index (χ2v) is 3.63. The Balaban J connectivity index is 2.89. The summed E-state index contributed by atoms with van der Waals surface area (Å²) < 4.78 is 17.5. The lowest BCUT2D eigenvalue weighted by molar-refractivity contribution is -0.141. The van der Waals surface area contributed by atoms with Crippen molar-refractivity contribution >= 4 is 11.9 Å². The lowest BCUT2D eigenvalue weighted by atomic mass is 9.92. The third-order valence-electron chi connectivity index (χ3n) is 2.38. The van der Waals surface area contributed by atoms with Gasteiger partial charge in [-0.15, -0.1) is 0 Å². The molecule has 1 atom stereocenters. The van der Waals surface area contributed by atoms with Gasteiger partial charge in [0.2, 0.25) is 0 Å². The van der Waals surface area contributed by atoms with Crippen LogP contribution in [0.1, 0.15) is 24.3 Å². The molecule has 1 aromatic rings. The van der Waals surface area contributed by atoms with E-state index in [1.807, 2.05) is 0 Å². The number of carbonyl (C=O) groups is 2. The summed E-state index contributed by atoms with van der Waals surface area (Å²) in [4.78, 5) is 21.8. The van der Waals surface area contributed by atoms with Crippen LogP contribution in [0.4, 0.5) is 4.39 Å². The molecule has 0 unspecified atom stereocenters. The standard InChI is InChI=1S/C12H13FO4/c1-17-12(16)7-9(6-11(14)15)8-3-2-4-10(13)5-8/h2-5,9H,6-7H2,1H3,(H,14,15)/t9-/m1/s1. The van der Waals surface area contributed by atoms with Crippen LogP contribution in [-0.2, 0) is 14.3 Å². The van der Waals surface area contributed by atoms with Crippen LogP contribution in [-0.4, -0.2) is 24.2 Å². The largest absolute Gasteiger partial charge is 0.481 e. The average Bonchev–Trinajstić information content (AvgIpc) is 2.27. The molecule has 0 radical (unpaired) electrons. The highest BCUT2D eigenvalue weighted by Crippen LogP contribution is 2.24. The fourth-order valence-electron chi connectivity index (χ4n) is 1.56. The Bertz CT molecular complexity index is 417. The molecule has 0 heterocycles. The van der Waals surface area contributed by atoms with E-state index in [-0.39, 0.29) is 12.8 Å². The van der Waals surface area contributed by atoms with Crippen LogP contribution in [0.25, 0.3) is 0 Å². The number of hydrogen-bond donors (Lipinski definition) is 1. The van der Waals surface area contributed by atoms with E-state index in [1.165, 1.54) is 25.3 Å². The lowest BCUT2D eigenvalue weighted by Crippen LogP contribution is -2.12. The van der Waals surface area contributed by atoms with Crippen molar-refractivity contribution in [3.63, 3.8) is 0 Å². The van der Waals surface area contributed by atoms with Crippen LogP contribution >= 0.6 is 0 Å². The number of halogens is 1. The zero-order valence-electron chi connectivity index (χ0n) is 9.35. The minimum atomic E-state index is -1.04. The molecule has 5 heteroatoms. The van der Waals surface area contributed by atoms with E-state index >= 15 is 0 Å². The first kappa shape index (κ1) is 13.2. The predicted octanol–water partition coefficient (Wildman–Crippen LogP) is 1.95. The SMILES string of the molecule is COC(=O)C[C@@H](CC(=O)O)c1cccc(F)c1. The van der Waals surface area contributed by atoms with Crippen molar-refractivity contribution in [3.05, 3.63) is 35.6 Å². The number of ether oxygens (including phenoxy) is 1. The zero-order valence-corrected chi connectivity index (χ0v) is 9.35. The van der Waals surface area contributed by atoms with Gasteiger partial charge in [0.25, 0.3) is 0 Å². The van der Waals surface area contributed by atoms with Crippen LogP contribution < -0.4 is 0 Å². The van der Waals surface area contributed by atoms with E-state index in [9.17, 15) is 14.0 Å². The third-order valence-corrected chi connectivity index (χ3v) is 2.38. The van der Waals surface area contributed by atoms with E-state index < -0.39 is 23.7 Å². The van der Waals surface area contributed by atoms with Crippen molar-refractivity contribution in [3.8, 4) is 0 Å². The molecule has 1 N–H and O–H groups in total. The molecular formula is C12H13FO4. The third kappa shape index (κ3) is 4.22. The highest BCUT2D eigenvalue weighted by Gasteiger charge is 2.20. The molecule has 1 aromatic carbocycles. The van der Waals surface area contributed by atoms with Gasteiger partial charge >= 0.3 is 11.9 Å². The number of hydrogen-bond acceptors (Lipinski definition) is 3. The van der Waals surface area contributed by atoms with Crippen LogP contribution in [0.5, 0.6) is 0 Å². The number of carboxylic acids is 1. The summed E-state index contributed by atoms with van der Waals surface area (Å²) in [6, 6.07) is 5.58. The normalized spacial score (nSPS) is 11.9. The number of carbonyl (C=O) groups excluding carboxylic acids is 1. The summed E-state index contributed by atoms with van der Waals surface area (Å²) in [6.45, 7) is 0. The molecule has 17 heavy (non-hydrogen) atoms. The van der Waals surface area contributed by atoms with Crippen LogP contribution in [0.15, 0.2) is 24.3 Å². The Hall–Kier alpha value is -1.91. The maximum absolute atomic E-state index is 13.0. The summed E-state index contributed by atoms with van der Waals surface area (Å²) in [5.74, 6) is -2.58. The van der Waals surface area contributed by atoms with Crippen molar-refractivity contribution in [1.29, 1.82) is 0 Å². The summed E-state index contributed by atoms with van der Waals surface area (Å²) in [5, 5.41) is 8.75. The van der Waals surface area contributed by atoms with Crippen molar-refractivity contribution in [2.24, 2.45) is 0 Å². The van der Waals surface area contributed by atoms with Gasteiger partial charge in [0, 0.05) is 5.92 Å². The highest BCUT2D eigenvalue weighted by molar-refractivity contribution is 5.73. The molecule has 0 fully saturated rings. The van der Waals surface area contributed by atoms with Gasteiger partial charge in [-0.05, 0) is 17.7 Å². The number of benzene rings is 1. The predicted molar refractivity (Wildman–Crippen MR) is 58.0 cm³/mol. The molecule has 0 saturated heterocycles. The number of carboxylic acid groups (broad SMARTS) is 1. The maximum Gasteiger partial charge on any atom is 0.306 e.